The van der Waals surface area contributed by atoms with E-state index in [2.05, 4.69) is 20.6 Å². The highest BCUT2D eigenvalue weighted by molar-refractivity contribution is 7.91. The molecule has 0 spiro atoms. The van der Waals surface area contributed by atoms with Crippen molar-refractivity contribution in [3.8, 4) is 0 Å². The smallest absolute Gasteiger partial charge is 0.374 e. The van der Waals surface area contributed by atoms with Gasteiger partial charge in [0.05, 0.1) is 5.75 Å². The molecule has 0 radical (unpaired) electrons. The van der Waals surface area contributed by atoms with Crippen LogP contribution < -0.4 is 5.32 Å². The average molecular weight is 461 g/mol. The van der Waals surface area contributed by atoms with Crippen LogP contribution >= 0.6 is 0 Å². The van der Waals surface area contributed by atoms with E-state index in [1.807, 2.05) is 0 Å². The minimum absolute atomic E-state index is 0.232. The Morgan fingerprint density at radius 1 is 1.13 bits per heavy atom. The SMILES string of the molecule is CCS(=O)(=O)CC(O)(C(=O)Nc1ccc2nnc(C(F)(F)F)n2n1)c1ccc(F)cc1. The number of aliphatic hydroxyl groups is 1. The molecule has 9 nitrogen and oxygen atoms in total. The van der Waals surface area contributed by atoms with Gasteiger partial charge in [-0.05, 0) is 29.8 Å². The third-order valence-electron chi connectivity index (χ3n) is 4.32. The fraction of sp³-hybridized carbons (Fsp3) is 0.294. The first-order valence-corrected chi connectivity index (χ1v) is 10.5. The third kappa shape index (κ3) is 4.64. The largest absolute Gasteiger partial charge is 0.453 e. The predicted molar refractivity (Wildman–Crippen MR) is 99.0 cm³/mol. The maximum absolute atomic E-state index is 13.3. The van der Waals surface area contributed by atoms with Crippen molar-refractivity contribution in [2.24, 2.45) is 0 Å². The van der Waals surface area contributed by atoms with E-state index in [9.17, 15) is 35.9 Å². The van der Waals surface area contributed by atoms with Crippen LogP contribution in [-0.4, -0.2) is 50.7 Å². The number of anilines is 1. The van der Waals surface area contributed by atoms with Gasteiger partial charge in [-0.25, -0.2) is 12.8 Å². The molecule has 3 aromatic rings. The second-order valence-corrected chi connectivity index (χ2v) is 8.86. The fourth-order valence-corrected chi connectivity index (χ4v) is 3.82. The molecule has 0 bridgehead atoms. The Morgan fingerprint density at radius 2 is 1.77 bits per heavy atom. The summed E-state index contributed by atoms with van der Waals surface area (Å²) in [7, 11) is -3.92. The molecule has 0 aliphatic heterocycles. The van der Waals surface area contributed by atoms with E-state index < -0.39 is 56.5 Å². The Bertz CT molecular complexity index is 1230. The molecule has 3 rings (SSSR count). The maximum atomic E-state index is 13.3. The van der Waals surface area contributed by atoms with E-state index in [1.54, 1.807) is 0 Å². The number of alkyl halides is 3. The highest BCUT2D eigenvalue weighted by Crippen LogP contribution is 2.29. The Kier molecular flexibility index (Phi) is 5.71. The first kappa shape index (κ1) is 22.6. The van der Waals surface area contributed by atoms with Crippen LogP contribution in [0.15, 0.2) is 36.4 Å². The number of sulfone groups is 1. The number of hydrogen-bond acceptors (Lipinski definition) is 7. The van der Waals surface area contributed by atoms with Crippen LogP contribution in [0.25, 0.3) is 5.65 Å². The van der Waals surface area contributed by atoms with Crippen molar-refractivity contribution in [2.75, 3.05) is 16.8 Å². The van der Waals surface area contributed by atoms with Crippen LogP contribution in [0.1, 0.15) is 18.3 Å². The Labute approximate surface area is 172 Å². The van der Waals surface area contributed by atoms with Gasteiger partial charge in [0.2, 0.25) is 0 Å². The zero-order valence-corrected chi connectivity index (χ0v) is 16.6. The van der Waals surface area contributed by atoms with Gasteiger partial charge in [0, 0.05) is 5.75 Å². The molecule has 1 unspecified atom stereocenters. The second-order valence-electron chi connectivity index (χ2n) is 6.51. The number of amides is 1. The van der Waals surface area contributed by atoms with Crippen molar-refractivity contribution in [1.29, 1.82) is 0 Å². The van der Waals surface area contributed by atoms with Crippen molar-refractivity contribution in [3.05, 3.63) is 53.6 Å². The Morgan fingerprint density at radius 3 is 2.35 bits per heavy atom. The monoisotopic (exact) mass is 461 g/mol. The number of rotatable bonds is 6. The number of hydrogen-bond donors (Lipinski definition) is 2. The molecule has 1 amide bonds. The number of carbonyl (C=O) groups excluding carboxylic acids is 1. The number of benzene rings is 1. The maximum Gasteiger partial charge on any atom is 0.453 e. The van der Waals surface area contributed by atoms with E-state index in [-0.39, 0.29) is 11.2 Å². The van der Waals surface area contributed by atoms with Gasteiger partial charge in [-0.3, -0.25) is 4.79 Å². The minimum Gasteiger partial charge on any atom is -0.374 e. The molecule has 31 heavy (non-hydrogen) atoms. The lowest BCUT2D eigenvalue weighted by Gasteiger charge is -2.27. The van der Waals surface area contributed by atoms with E-state index >= 15 is 0 Å². The first-order chi connectivity index (χ1) is 14.4. The molecule has 0 fully saturated rings. The van der Waals surface area contributed by atoms with Gasteiger partial charge < -0.3 is 10.4 Å². The van der Waals surface area contributed by atoms with Crippen molar-refractivity contribution in [1.82, 2.24) is 19.8 Å². The molecule has 166 valence electrons. The fourth-order valence-electron chi connectivity index (χ4n) is 2.68. The molecule has 0 saturated heterocycles. The Balaban J connectivity index is 2.01. The predicted octanol–water partition coefficient (Wildman–Crippen LogP) is 1.54. The summed E-state index contributed by atoms with van der Waals surface area (Å²) in [6.07, 6.45) is -4.88. The molecular weight excluding hydrogens is 446 g/mol. The highest BCUT2D eigenvalue weighted by atomic mass is 32.2. The van der Waals surface area contributed by atoms with E-state index in [1.165, 1.54) is 6.92 Å². The van der Waals surface area contributed by atoms with Gasteiger partial charge >= 0.3 is 6.18 Å². The molecule has 0 aliphatic rings. The van der Waals surface area contributed by atoms with Crippen LogP contribution in [0.5, 0.6) is 0 Å². The summed E-state index contributed by atoms with van der Waals surface area (Å²) in [6, 6.07) is 6.08. The highest BCUT2D eigenvalue weighted by Gasteiger charge is 2.42. The number of fused-ring (bicyclic) bond motifs is 1. The molecular formula is C17H15F4N5O4S. The van der Waals surface area contributed by atoms with Gasteiger partial charge in [-0.1, -0.05) is 19.1 Å². The molecule has 2 heterocycles. The summed E-state index contributed by atoms with van der Waals surface area (Å²) >= 11 is 0. The van der Waals surface area contributed by atoms with Gasteiger partial charge in [-0.2, -0.15) is 17.7 Å². The molecule has 2 N–H and O–H groups in total. The molecule has 1 atom stereocenters. The second kappa shape index (κ2) is 7.85. The van der Waals surface area contributed by atoms with Gasteiger partial charge in [-0.15, -0.1) is 15.3 Å². The number of nitrogens with one attached hydrogen (secondary N) is 1. The molecule has 0 aliphatic carbocycles. The van der Waals surface area contributed by atoms with Crippen molar-refractivity contribution in [2.45, 2.75) is 18.7 Å². The van der Waals surface area contributed by atoms with Crippen LogP contribution in [0.4, 0.5) is 23.4 Å². The van der Waals surface area contributed by atoms with Crippen molar-refractivity contribution >= 4 is 27.2 Å². The summed E-state index contributed by atoms with van der Waals surface area (Å²) in [5.74, 6) is -5.30. The Hall–Kier alpha value is -3.13. The number of carbonyl (C=O) groups is 1. The lowest BCUT2D eigenvalue weighted by Crippen LogP contribution is -2.46. The molecule has 1 aromatic carbocycles. The molecule has 0 saturated carbocycles. The summed E-state index contributed by atoms with van der Waals surface area (Å²) < 4.78 is 76.9. The quantitative estimate of drug-likeness (QED) is 0.533. The average Bonchev–Trinajstić information content (AvgIpc) is 3.11. The summed E-state index contributed by atoms with van der Waals surface area (Å²) in [5.41, 5.74) is -3.16. The van der Waals surface area contributed by atoms with E-state index in [0.29, 0.717) is 4.52 Å². The zero-order chi connectivity index (χ0) is 23.0. The van der Waals surface area contributed by atoms with Gasteiger partial charge in [0.15, 0.2) is 26.9 Å². The summed E-state index contributed by atoms with van der Waals surface area (Å²) in [5, 5.41) is 23.0. The lowest BCUT2D eigenvalue weighted by molar-refractivity contribution is -0.146. The van der Waals surface area contributed by atoms with Crippen LogP contribution in [0.3, 0.4) is 0 Å². The first-order valence-electron chi connectivity index (χ1n) is 8.66. The third-order valence-corrected chi connectivity index (χ3v) is 6.06. The minimum atomic E-state index is -4.88. The normalized spacial score (nSPS) is 14.4. The number of aromatic nitrogens is 4. The van der Waals surface area contributed by atoms with E-state index in [0.717, 1.165) is 36.4 Å². The van der Waals surface area contributed by atoms with Crippen LogP contribution in [-0.2, 0) is 26.4 Å². The molecule has 14 heteroatoms. The standard InChI is InChI=1S/C17H15F4N5O4S/c1-2-31(29,30)9-16(28,10-3-5-11(18)6-4-10)15(27)22-12-7-8-13-23-24-14(17(19,20)21)26(13)25-12/h3-8,28H,2,9H2,1H3,(H,22,25,27). The molecule has 2 aromatic heterocycles. The summed E-state index contributed by atoms with van der Waals surface area (Å²) in [6.45, 7) is 1.30. The van der Waals surface area contributed by atoms with Gasteiger partial charge in [0.25, 0.3) is 11.7 Å². The lowest BCUT2D eigenvalue weighted by atomic mass is 9.95. The number of nitrogens with zero attached hydrogens (tertiary/aromatic N) is 4. The van der Waals surface area contributed by atoms with Crippen molar-refractivity contribution in [3.63, 3.8) is 0 Å². The van der Waals surface area contributed by atoms with Crippen molar-refractivity contribution < 1.29 is 35.9 Å². The van der Waals surface area contributed by atoms with Gasteiger partial charge in [0.1, 0.15) is 5.82 Å². The van der Waals surface area contributed by atoms with E-state index in [4.69, 9.17) is 0 Å². The zero-order valence-electron chi connectivity index (χ0n) is 15.8. The topological polar surface area (TPSA) is 127 Å². The van der Waals surface area contributed by atoms with Crippen LogP contribution in [0.2, 0.25) is 0 Å². The van der Waals surface area contributed by atoms with Crippen LogP contribution in [0, 0.1) is 5.82 Å². The number of halogens is 4. The summed E-state index contributed by atoms with van der Waals surface area (Å²) in [4.78, 5) is 12.8.